The number of aromatic amines is 2. The molecule has 6 heterocycles. The molecule has 448 valence electrons. The molecule has 2 saturated heterocycles. The van der Waals surface area contributed by atoms with Crippen LogP contribution < -0.4 is 42.2 Å². The molecule has 12 atom stereocenters. The third-order valence-electron chi connectivity index (χ3n) is 10.0. The summed E-state index contributed by atoms with van der Waals surface area (Å²) >= 11 is 22.8. The van der Waals surface area contributed by atoms with E-state index in [0.29, 0.717) is 37.1 Å². The van der Waals surface area contributed by atoms with Crippen molar-refractivity contribution in [3.8, 4) is 0 Å². The van der Waals surface area contributed by atoms with Gasteiger partial charge in [0.2, 0.25) is 11.9 Å². The lowest BCUT2D eigenvalue weighted by atomic mass is 10.1. The SMILES string of the molecule is COCC1OC(n2ccc3c(=O)[nH]c(N)nc32)CC1OP([O-])(=S)OC.COCC1OC(n2cnc3c(=O)[nH]c(N)nc32)C(O)C1OP(=O)([S-])OC.COCCCOP([O-])(=S)OC.COP([O-])(=S)OCC(O)COP([O-])(=S)OC. The molecule has 4 aromatic rings. The quantitative estimate of drug-likeness (QED) is 0.0231. The summed E-state index contributed by atoms with van der Waals surface area (Å²) in [6.07, 6.45) is -3.11. The fourth-order valence-electron chi connectivity index (χ4n) is 6.44. The van der Waals surface area contributed by atoms with Crippen molar-refractivity contribution in [1.29, 1.82) is 0 Å². The van der Waals surface area contributed by atoms with Gasteiger partial charge in [-0.15, -0.1) is 0 Å². The summed E-state index contributed by atoms with van der Waals surface area (Å²) in [5.74, 6) is -0.112. The van der Waals surface area contributed by atoms with Gasteiger partial charge in [-0.25, -0.2) is 4.98 Å². The molecule has 4 aromatic heterocycles. The Morgan fingerprint density at radius 2 is 1.29 bits per heavy atom. The van der Waals surface area contributed by atoms with Crippen LogP contribution in [0.15, 0.2) is 28.2 Å². The molecule has 33 nitrogen and oxygen atoms in total. The third kappa shape index (κ3) is 22.4. The maximum Gasteiger partial charge on any atom is 0.280 e. The van der Waals surface area contributed by atoms with E-state index in [1.54, 1.807) is 23.9 Å². The van der Waals surface area contributed by atoms with Crippen molar-refractivity contribution < 1.29 is 103 Å². The number of fused-ring (bicyclic) bond motifs is 2. The number of aromatic nitrogens is 7. The fourth-order valence-corrected chi connectivity index (χ4v) is 10.3. The number of anilines is 2. The Hall–Kier alpha value is -1.29. The maximum atomic E-state index is 12.0. The highest BCUT2D eigenvalue weighted by molar-refractivity contribution is 8.32. The van der Waals surface area contributed by atoms with Crippen LogP contribution in [-0.2, 0) is 133 Å². The van der Waals surface area contributed by atoms with Crippen LogP contribution in [0.3, 0.4) is 0 Å². The van der Waals surface area contributed by atoms with Gasteiger partial charge in [0.25, 0.3) is 11.1 Å². The van der Waals surface area contributed by atoms with Gasteiger partial charge >= 0.3 is 0 Å². The fraction of sp³-hybridized carbons (Fsp3) is 0.686. The number of imidazole rings is 1. The number of nitrogens with two attached hydrogens (primary N) is 2. The predicted molar refractivity (Wildman–Crippen MR) is 287 cm³/mol. The molecule has 0 aromatic carbocycles. The van der Waals surface area contributed by atoms with Gasteiger partial charge in [0.15, 0.2) is 29.8 Å². The van der Waals surface area contributed by atoms with Crippen LogP contribution in [0.4, 0.5) is 11.9 Å². The lowest BCUT2D eigenvalue weighted by Gasteiger charge is -2.30. The zero-order chi connectivity index (χ0) is 58.8. The smallest absolute Gasteiger partial charge is 0.280 e. The van der Waals surface area contributed by atoms with Crippen molar-refractivity contribution in [2.75, 3.05) is 108 Å². The minimum Gasteiger partial charge on any atom is -0.780 e. The van der Waals surface area contributed by atoms with Gasteiger partial charge in [0.05, 0.1) is 50.9 Å². The summed E-state index contributed by atoms with van der Waals surface area (Å²) in [6, 6.07) is 1.62. The van der Waals surface area contributed by atoms with Crippen LogP contribution in [-0.4, -0.2) is 177 Å². The second kappa shape index (κ2) is 32.7. The van der Waals surface area contributed by atoms with E-state index in [1.165, 1.54) is 39.3 Å². The maximum absolute atomic E-state index is 12.0. The Labute approximate surface area is 471 Å². The molecule has 0 amide bonds. The number of rotatable bonds is 26. The average Bonchev–Trinajstić information content (AvgIpc) is 4.19. The van der Waals surface area contributed by atoms with Gasteiger partial charge < -0.3 is 127 Å². The molecule has 2 aliphatic heterocycles. The zero-order valence-corrected chi connectivity index (χ0v) is 51.1. The molecule has 12 unspecified atom stereocenters. The van der Waals surface area contributed by atoms with E-state index in [9.17, 15) is 43.9 Å². The molecular formula is C35H59N9O24P5S5-5. The summed E-state index contributed by atoms with van der Waals surface area (Å²) in [4.78, 5) is 85.7. The molecule has 0 aliphatic carbocycles. The van der Waals surface area contributed by atoms with Gasteiger partial charge in [-0.1, -0.05) is 47.2 Å². The molecule has 2 aliphatic rings. The summed E-state index contributed by atoms with van der Waals surface area (Å²) < 4.78 is 88.7. The summed E-state index contributed by atoms with van der Waals surface area (Å²) in [5.41, 5.74) is 10.8. The zero-order valence-electron chi connectivity index (χ0n) is 42.6. The van der Waals surface area contributed by atoms with E-state index in [-0.39, 0.29) is 55.0 Å². The Kier molecular flexibility index (Phi) is 29.7. The Morgan fingerprint density at radius 1 is 0.756 bits per heavy atom. The Balaban J connectivity index is 0.000000288. The van der Waals surface area contributed by atoms with Crippen molar-refractivity contribution in [3.05, 3.63) is 39.3 Å². The first kappa shape index (κ1) is 71.0. The summed E-state index contributed by atoms with van der Waals surface area (Å²) in [7, 11) is 10.4. The largest absolute Gasteiger partial charge is 0.780 e. The average molecular weight is 1310 g/mol. The van der Waals surface area contributed by atoms with Gasteiger partial charge in [-0.05, 0) is 12.5 Å². The second-order valence-corrected chi connectivity index (χ2v) is 29.5. The molecule has 8 N–H and O–H groups in total. The highest BCUT2D eigenvalue weighted by Gasteiger charge is 2.47. The Bertz CT molecular complexity index is 2870. The van der Waals surface area contributed by atoms with Crippen molar-refractivity contribution >= 4 is 127 Å². The minimum atomic E-state index is -3.82. The molecule has 2 fully saturated rings. The van der Waals surface area contributed by atoms with E-state index >= 15 is 0 Å². The van der Waals surface area contributed by atoms with Crippen LogP contribution in [0, 0.1) is 0 Å². The molecule has 0 spiro atoms. The van der Waals surface area contributed by atoms with Crippen LogP contribution in [0.2, 0.25) is 0 Å². The minimum absolute atomic E-state index is 0.00568. The molecule has 0 saturated carbocycles. The molecule has 0 bridgehead atoms. The van der Waals surface area contributed by atoms with E-state index in [1.807, 2.05) is 0 Å². The lowest BCUT2D eigenvalue weighted by molar-refractivity contribution is -0.211. The van der Waals surface area contributed by atoms with Gasteiger partial charge in [0.1, 0.15) is 63.6 Å². The summed E-state index contributed by atoms with van der Waals surface area (Å²) in [5, 5.41) is 20.3. The standard InChI is InChI=1S/C13H19N4O6PS.C12H18N5O7PS.C5H14O7P2S2.C5H13O4PS/c1-20-6-9-8(23-24(19,25)21-2)5-10(22-9)17-4-3-7-11(17)15-13(14)16-12(7)18;1-21-3-5-8(24-25(20,26)22-2)7(18)11(23-5)17-4-14-6-9(17)15-12(13)16-10(6)19;1-9-13(7,15)11-3-5(6)4-12-14(8,16)10-2;1-7-4-3-5-9-10(6,11)8-2/h3-4,8-10H,5-6H2,1-2H3,(H,19,25)(H3,14,15,16,18);4-5,7-8,11,18H,3H2,1-2H3,(H,20,26)(H3,13,15,16,19);5-6H,3-4H2,1-2H3,(H,7,15)(H,8,16);3-5H2,1-2H3,(H,6,11)/p-5. The van der Waals surface area contributed by atoms with Crippen LogP contribution >= 0.6 is 33.7 Å². The van der Waals surface area contributed by atoms with Gasteiger partial charge in [0, 0.05) is 76.1 Å². The topological polar surface area (TPSA) is 455 Å². The van der Waals surface area contributed by atoms with Crippen LogP contribution in [0.1, 0.15) is 25.3 Å². The number of aliphatic hydroxyl groups excluding tert-OH is 2. The van der Waals surface area contributed by atoms with E-state index in [0.717, 1.165) is 21.3 Å². The number of aliphatic hydroxyl groups is 2. The van der Waals surface area contributed by atoms with Gasteiger partial charge in [-0.3, -0.25) is 28.7 Å². The second-order valence-electron chi connectivity index (χ2n) is 15.3. The highest BCUT2D eigenvalue weighted by atomic mass is 32.7. The molecule has 43 heteroatoms. The number of nitrogens with zero attached hydrogens (tertiary/aromatic N) is 5. The summed E-state index contributed by atoms with van der Waals surface area (Å²) in [6.45, 7) is -17.4. The number of H-pyrrole nitrogens is 2. The first-order chi connectivity index (χ1) is 36.5. The Morgan fingerprint density at radius 3 is 1.83 bits per heavy atom. The van der Waals surface area contributed by atoms with E-state index in [4.69, 9.17) is 77.3 Å². The monoisotopic (exact) mass is 1300 g/mol. The predicted octanol–water partition coefficient (Wildman–Crippen LogP) is -1.74. The normalized spacial score (nSPS) is 24.5. The van der Waals surface area contributed by atoms with Gasteiger partial charge in [-0.2, -0.15) is 9.97 Å². The number of methoxy groups -OCH3 is 3. The van der Waals surface area contributed by atoms with Crippen LogP contribution in [0.25, 0.3) is 22.2 Å². The molecular weight excluding hydrogens is 1250 g/mol. The molecule has 78 heavy (non-hydrogen) atoms. The third-order valence-corrected chi connectivity index (χ3v) is 18.4. The van der Waals surface area contributed by atoms with Crippen LogP contribution in [0.5, 0.6) is 0 Å². The number of hydrogen-bond acceptors (Lipinski definition) is 34. The van der Waals surface area contributed by atoms with E-state index < -0.39 is 88.3 Å². The number of nitrogens with one attached hydrogen (secondary N) is 2. The number of hydrogen-bond donors (Lipinski definition) is 6. The lowest BCUT2D eigenvalue weighted by Crippen LogP contribution is -2.35. The first-order valence-electron chi connectivity index (χ1n) is 21.8. The first-order valence-corrected chi connectivity index (χ1v) is 34.6. The van der Waals surface area contributed by atoms with Crippen molar-refractivity contribution in [2.24, 2.45) is 0 Å². The van der Waals surface area contributed by atoms with Crippen molar-refractivity contribution in [1.82, 2.24) is 34.1 Å². The van der Waals surface area contributed by atoms with E-state index in [2.05, 4.69) is 87.5 Å². The molecule has 6 rings (SSSR count). The molecule has 0 radical (unpaired) electrons. The highest BCUT2D eigenvalue weighted by Crippen LogP contribution is 2.50. The number of nitrogen functional groups attached to an aromatic ring is 2. The van der Waals surface area contributed by atoms with Crippen molar-refractivity contribution in [2.45, 2.75) is 61.9 Å². The van der Waals surface area contributed by atoms with Crippen molar-refractivity contribution in [3.63, 3.8) is 0 Å². The number of ether oxygens (including phenoxy) is 5.